The van der Waals surface area contributed by atoms with E-state index in [4.69, 9.17) is 0 Å². The molecule has 34 heavy (non-hydrogen) atoms. The summed E-state index contributed by atoms with van der Waals surface area (Å²) >= 11 is 1.65. The Labute approximate surface area is 201 Å². The van der Waals surface area contributed by atoms with Gasteiger partial charge in [0.15, 0.2) is 0 Å². The molecule has 0 saturated carbocycles. The van der Waals surface area contributed by atoms with Crippen molar-refractivity contribution in [3.8, 4) is 0 Å². The number of fused-ring (bicyclic) bond motifs is 2. The fourth-order valence-electron chi connectivity index (χ4n) is 4.02. The summed E-state index contributed by atoms with van der Waals surface area (Å²) in [7, 11) is 0. The van der Waals surface area contributed by atoms with E-state index in [2.05, 4.69) is 5.32 Å². The van der Waals surface area contributed by atoms with Crippen LogP contribution in [0.25, 0.3) is 10.8 Å². The molecule has 0 bridgehead atoms. The molecule has 1 heterocycles. The zero-order valence-electron chi connectivity index (χ0n) is 18.4. The van der Waals surface area contributed by atoms with Crippen molar-refractivity contribution in [2.24, 2.45) is 0 Å². The lowest BCUT2D eigenvalue weighted by atomic mass is 10.1. The Kier molecular flexibility index (Phi) is 6.14. The predicted molar refractivity (Wildman–Crippen MR) is 135 cm³/mol. The molecule has 4 aromatic rings. The highest BCUT2D eigenvalue weighted by molar-refractivity contribution is 7.99. The van der Waals surface area contributed by atoms with Crippen LogP contribution < -0.4 is 5.32 Å². The molecule has 168 valence electrons. The van der Waals surface area contributed by atoms with Gasteiger partial charge in [-0.2, -0.15) is 0 Å². The van der Waals surface area contributed by atoms with Gasteiger partial charge < -0.3 is 5.32 Å². The van der Waals surface area contributed by atoms with E-state index in [1.54, 1.807) is 36.0 Å². The van der Waals surface area contributed by atoms with E-state index < -0.39 is 0 Å². The molecule has 3 amide bonds. The summed E-state index contributed by atoms with van der Waals surface area (Å²) in [6.07, 6.45) is 0.705. The van der Waals surface area contributed by atoms with Crippen molar-refractivity contribution in [1.82, 2.24) is 4.90 Å². The number of benzene rings is 4. The summed E-state index contributed by atoms with van der Waals surface area (Å²) in [6.45, 7) is 0.402. The number of carbonyl (C=O) groups is 3. The van der Waals surface area contributed by atoms with Crippen molar-refractivity contribution < 1.29 is 14.4 Å². The van der Waals surface area contributed by atoms with Crippen LogP contribution in [0.3, 0.4) is 0 Å². The van der Waals surface area contributed by atoms with Crippen molar-refractivity contribution in [1.29, 1.82) is 0 Å². The second-order valence-electron chi connectivity index (χ2n) is 8.05. The van der Waals surface area contributed by atoms with Crippen LogP contribution in [0.2, 0.25) is 0 Å². The summed E-state index contributed by atoms with van der Waals surface area (Å²) in [5.74, 6) is 0.206. The van der Waals surface area contributed by atoms with Gasteiger partial charge in [0.05, 0.1) is 11.1 Å². The van der Waals surface area contributed by atoms with Crippen LogP contribution in [0.4, 0.5) is 5.69 Å². The van der Waals surface area contributed by atoms with Gasteiger partial charge in [-0.3, -0.25) is 19.3 Å². The first-order valence-corrected chi connectivity index (χ1v) is 12.1. The van der Waals surface area contributed by atoms with E-state index in [9.17, 15) is 14.4 Å². The molecule has 0 atom stereocenters. The molecule has 0 spiro atoms. The summed E-state index contributed by atoms with van der Waals surface area (Å²) in [6, 6.07) is 28.3. The standard InChI is InChI=1S/C28H22N2O3S/c31-26(21-11-10-19-6-1-2-7-20(19)18-21)29-22-12-14-23(15-13-22)34-17-5-16-30-27(32)24-8-3-4-9-25(24)28(30)33/h1-4,6-15,18H,5,16-17H2,(H,29,31). The average molecular weight is 467 g/mol. The van der Waals surface area contributed by atoms with Crippen molar-refractivity contribution in [3.05, 3.63) is 108 Å². The van der Waals surface area contributed by atoms with Crippen molar-refractivity contribution >= 4 is 45.9 Å². The first kappa shape index (κ1) is 21.9. The van der Waals surface area contributed by atoms with E-state index >= 15 is 0 Å². The Morgan fingerprint density at radius 3 is 2.12 bits per heavy atom. The molecule has 0 unspecified atom stereocenters. The molecular weight excluding hydrogens is 444 g/mol. The van der Waals surface area contributed by atoms with Crippen LogP contribution >= 0.6 is 11.8 Å². The van der Waals surface area contributed by atoms with Crippen LogP contribution in [0.1, 0.15) is 37.5 Å². The highest BCUT2D eigenvalue weighted by atomic mass is 32.2. The van der Waals surface area contributed by atoms with Crippen molar-refractivity contribution in [2.45, 2.75) is 11.3 Å². The molecular formula is C28H22N2O3S. The summed E-state index contributed by atoms with van der Waals surface area (Å²) < 4.78 is 0. The molecule has 5 nitrogen and oxygen atoms in total. The first-order chi connectivity index (χ1) is 16.6. The van der Waals surface area contributed by atoms with Crippen LogP contribution in [-0.4, -0.2) is 34.9 Å². The highest BCUT2D eigenvalue weighted by Gasteiger charge is 2.34. The average Bonchev–Trinajstić information content (AvgIpc) is 3.12. The number of amides is 3. The molecule has 0 aliphatic carbocycles. The molecule has 0 aromatic heterocycles. The summed E-state index contributed by atoms with van der Waals surface area (Å²) in [5, 5.41) is 5.07. The quantitative estimate of drug-likeness (QED) is 0.210. The fraction of sp³-hybridized carbons (Fsp3) is 0.107. The third-order valence-corrected chi connectivity index (χ3v) is 6.90. The summed E-state index contributed by atoms with van der Waals surface area (Å²) in [5.41, 5.74) is 2.32. The third-order valence-electron chi connectivity index (χ3n) is 5.80. The van der Waals surface area contributed by atoms with E-state index in [0.717, 1.165) is 27.1 Å². The lowest BCUT2D eigenvalue weighted by Gasteiger charge is -2.13. The topological polar surface area (TPSA) is 66.5 Å². The number of thioether (sulfide) groups is 1. The van der Waals surface area contributed by atoms with Crippen molar-refractivity contribution in [3.63, 3.8) is 0 Å². The van der Waals surface area contributed by atoms with E-state index in [-0.39, 0.29) is 17.7 Å². The molecule has 1 aliphatic rings. The van der Waals surface area contributed by atoms with E-state index in [1.807, 2.05) is 66.7 Å². The minimum atomic E-state index is -0.211. The van der Waals surface area contributed by atoms with Gasteiger partial charge >= 0.3 is 0 Å². The number of anilines is 1. The predicted octanol–water partition coefficient (Wildman–Crippen LogP) is 5.87. The maximum atomic E-state index is 12.6. The molecule has 0 saturated heterocycles. The lowest BCUT2D eigenvalue weighted by molar-refractivity contribution is 0.0654. The monoisotopic (exact) mass is 466 g/mol. The normalized spacial score (nSPS) is 12.8. The Hall–Kier alpha value is -3.90. The maximum absolute atomic E-state index is 12.6. The smallest absolute Gasteiger partial charge is 0.261 e. The Balaban J connectivity index is 1.12. The minimum absolute atomic E-state index is 0.146. The van der Waals surface area contributed by atoms with E-state index in [1.165, 1.54) is 4.90 Å². The van der Waals surface area contributed by atoms with Gasteiger partial charge in [0, 0.05) is 22.7 Å². The molecule has 1 aliphatic heterocycles. The Bertz CT molecular complexity index is 1360. The van der Waals surface area contributed by atoms with Crippen LogP contribution in [0, 0.1) is 0 Å². The van der Waals surface area contributed by atoms with Gasteiger partial charge in [0.2, 0.25) is 0 Å². The number of hydrogen-bond acceptors (Lipinski definition) is 4. The van der Waals surface area contributed by atoms with Crippen LogP contribution in [0.5, 0.6) is 0 Å². The summed E-state index contributed by atoms with van der Waals surface area (Å²) in [4.78, 5) is 39.9. The van der Waals surface area contributed by atoms with Gasteiger partial charge in [-0.05, 0) is 71.5 Å². The number of nitrogens with one attached hydrogen (secondary N) is 1. The zero-order chi connectivity index (χ0) is 23.5. The van der Waals surface area contributed by atoms with Crippen molar-refractivity contribution in [2.75, 3.05) is 17.6 Å². The van der Waals surface area contributed by atoms with Gasteiger partial charge in [-0.25, -0.2) is 0 Å². The highest BCUT2D eigenvalue weighted by Crippen LogP contribution is 2.25. The van der Waals surface area contributed by atoms with Gasteiger partial charge in [-0.1, -0.05) is 42.5 Å². The largest absolute Gasteiger partial charge is 0.322 e. The lowest BCUT2D eigenvalue weighted by Crippen LogP contribution is -2.30. The number of imide groups is 1. The van der Waals surface area contributed by atoms with Crippen LogP contribution in [0.15, 0.2) is 95.9 Å². The number of nitrogens with zero attached hydrogens (tertiary/aromatic N) is 1. The van der Waals surface area contributed by atoms with Gasteiger partial charge in [-0.15, -0.1) is 11.8 Å². The molecule has 0 radical (unpaired) electrons. The zero-order valence-corrected chi connectivity index (χ0v) is 19.2. The maximum Gasteiger partial charge on any atom is 0.261 e. The second kappa shape index (κ2) is 9.53. The van der Waals surface area contributed by atoms with Gasteiger partial charge in [0.1, 0.15) is 0 Å². The number of rotatable bonds is 7. The number of hydrogen-bond donors (Lipinski definition) is 1. The Morgan fingerprint density at radius 2 is 1.41 bits per heavy atom. The molecule has 1 N–H and O–H groups in total. The SMILES string of the molecule is O=C(Nc1ccc(SCCCN2C(=O)c3ccccc3C2=O)cc1)c1ccc2ccccc2c1. The fourth-order valence-corrected chi connectivity index (χ4v) is 4.86. The molecule has 6 heteroatoms. The number of carbonyl (C=O) groups excluding carboxylic acids is 3. The van der Waals surface area contributed by atoms with Crippen LogP contribution in [-0.2, 0) is 0 Å². The molecule has 5 rings (SSSR count). The van der Waals surface area contributed by atoms with E-state index in [0.29, 0.717) is 29.7 Å². The third kappa shape index (κ3) is 4.45. The van der Waals surface area contributed by atoms with Gasteiger partial charge in [0.25, 0.3) is 17.7 Å². The molecule has 0 fully saturated rings. The second-order valence-corrected chi connectivity index (χ2v) is 9.22. The Morgan fingerprint density at radius 1 is 0.765 bits per heavy atom. The first-order valence-electron chi connectivity index (χ1n) is 11.1. The molecule has 4 aromatic carbocycles. The minimum Gasteiger partial charge on any atom is -0.322 e.